The predicted octanol–water partition coefficient (Wildman–Crippen LogP) is 5.97. The van der Waals surface area contributed by atoms with E-state index in [1.807, 2.05) is 69.3 Å². The Kier molecular flexibility index (Phi) is 5.19. The summed E-state index contributed by atoms with van der Waals surface area (Å²) in [5.74, 6) is -0.231. The van der Waals surface area contributed by atoms with Crippen molar-refractivity contribution >= 4 is 11.7 Å². The van der Waals surface area contributed by atoms with E-state index in [0.29, 0.717) is 5.92 Å². The molecule has 3 aliphatic rings. The van der Waals surface area contributed by atoms with Crippen LogP contribution in [0.4, 0.5) is 10.5 Å². The molecule has 2 aromatic rings. The first-order valence-corrected chi connectivity index (χ1v) is 11.3. The number of para-hydroxylation sites is 1. The smallest absolute Gasteiger partial charge is 0.319 e. The number of nitrogens with one attached hydrogen (secondary N) is 2. The largest absolute Gasteiger partial charge is 0.345 e. The molecular weight excluding hydrogens is 400 g/mol. The van der Waals surface area contributed by atoms with Crippen molar-refractivity contribution in [2.75, 3.05) is 5.32 Å². The number of hydrogen-bond donors (Lipinski definition) is 2. The first-order valence-electron chi connectivity index (χ1n) is 11.3. The number of anilines is 1. The van der Waals surface area contributed by atoms with Gasteiger partial charge in [0.15, 0.2) is 5.79 Å². The maximum Gasteiger partial charge on any atom is 0.319 e. The number of amides is 2. The average Bonchev–Trinajstić information content (AvgIpc) is 3.52. The average molecular weight is 435 g/mol. The third kappa shape index (κ3) is 3.87. The van der Waals surface area contributed by atoms with E-state index in [9.17, 15) is 4.79 Å². The normalized spacial score (nSPS) is 32.1. The lowest BCUT2D eigenvalue weighted by Crippen LogP contribution is -2.57. The second kappa shape index (κ2) is 7.91. The molecule has 0 bridgehead atoms. The summed E-state index contributed by atoms with van der Waals surface area (Å²) in [7, 11) is 0. The molecule has 1 saturated heterocycles. The maximum absolute atomic E-state index is 13.2. The Labute approximate surface area is 192 Å². The highest BCUT2D eigenvalue weighted by molar-refractivity contribution is 5.91. The fourth-order valence-electron chi connectivity index (χ4n) is 5.15. The van der Waals surface area contributed by atoms with Crippen LogP contribution in [0.15, 0.2) is 78.9 Å². The highest BCUT2D eigenvalue weighted by Gasteiger charge is 2.53. The van der Waals surface area contributed by atoms with Crippen LogP contribution in [0.25, 0.3) is 0 Å². The number of ether oxygens (including phenoxy) is 2. The van der Waals surface area contributed by atoms with Crippen molar-refractivity contribution < 1.29 is 17.1 Å². The zero-order valence-corrected chi connectivity index (χ0v) is 18.7. The van der Waals surface area contributed by atoms with Gasteiger partial charge in [0.1, 0.15) is 6.10 Å². The zero-order chi connectivity index (χ0) is 22.3. The van der Waals surface area contributed by atoms with Crippen molar-refractivity contribution in [3.8, 4) is 0 Å². The molecule has 170 valence electrons. The molecule has 5 heteroatoms. The number of carbonyl (C=O) groups is 1. The minimum absolute atomic E-state index is 0. The lowest BCUT2D eigenvalue weighted by atomic mass is 9.89. The number of hydrogen-bond acceptors (Lipinski definition) is 3. The molecule has 5 rings (SSSR count). The van der Waals surface area contributed by atoms with E-state index in [-0.39, 0.29) is 32.5 Å². The van der Waals surface area contributed by atoms with E-state index >= 15 is 0 Å². The van der Waals surface area contributed by atoms with Gasteiger partial charge in [-0.25, -0.2) is 4.79 Å². The van der Waals surface area contributed by atoms with Crippen LogP contribution in [0.3, 0.4) is 0 Å². The van der Waals surface area contributed by atoms with E-state index in [0.717, 1.165) is 23.2 Å². The Morgan fingerprint density at radius 1 is 1.03 bits per heavy atom. The highest BCUT2D eigenvalue weighted by atomic mass is 16.7. The Morgan fingerprint density at radius 2 is 1.78 bits per heavy atom. The van der Waals surface area contributed by atoms with Crippen LogP contribution in [-0.4, -0.2) is 24.0 Å². The standard InChI is InChI=1S/C27H30N2O3.2H2/c1-18-23(24(32-26(2,3)31-18)19-11-5-4-6-12-19)29-25(30)28-22-15-8-7-14-21(22)27-16-10-9-13-20(27)17-27;;/h4-16,18,20,23-24H,17H2,1-3H3,(H2,28,29,30);2*1H/t18?,20?,23-,24-,27?;;/m0../s1. The van der Waals surface area contributed by atoms with Gasteiger partial charge < -0.3 is 20.1 Å². The lowest BCUT2D eigenvalue weighted by molar-refractivity contribution is -0.307. The van der Waals surface area contributed by atoms with Gasteiger partial charge in [0.05, 0.1) is 12.1 Å². The van der Waals surface area contributed by atoms with Gasteiger partial charge in [-0.3, -0.25) is 0 Å². The number of fused-ring (bicyclic) bond motifs is 1. The van der Waals surface area contributed by atoms with Gasteiger partial charge in [-0.05, 0) is 50.3 Å². The highest BCUT2D eigenvalue weighted by Crippen LogP contribution is 2.59. The van der Waals surface area contributed by atoms with Crippen molar-refractivity contribution in [1.29, 1.82) is 0 Å². The number of benzene rings is 2. The zero-order valence-electron chi connectivity index (χ0n) is 18.7. The van der Waals surface area contributed by atoms with Gasteiger partial charge >= 0.3 is 6.03 Å². The molecular formula is C27H34N2O3. The summed E-state index contributed by atoms with van der Waals surface area (Å²) in [5.41, 5.74) is 3.01. The van der Waals surface area contributed by atoms with Crippen molar-refractivity contribution in [2.45, 2.75) is 56.6 Å². The van der Waals surface area contributed by atoms with Gasteiger partial charge in [0, 0.05) is 14.0 Å². The Hall–Kier alpha value is -2.89. The second-order valence-electron chi connectivity index (χ2n) is 9.44. The molecule has 1 heterocycles. The Morgan fingerprint density at radius 3 is 2.56 bits per heavy atom. The molecule has 0 radical (unpaired) electrons. The van der Waals surface area contributed by atoms with Crippen LogP contribution in [0.5, 0.6) is 0 Å². The minimum atomic E-state index is -0.734. The van der Waals surface area contributed by atoms with Crippen molar-refractivity contribution in [2.24, 2.45) is 5.92 Å². The molecule has 32 heavy (non-hydrogen) atoms. The molecule has 2 aliphatic carbocycles. The molecule has 0 spiro atoms. The van der Waals surface area contributed by atoms with Gasteiger partial charge in [0.25, 0.3) is 0 Å². The summed E-state index contributed by atoms with van der Waals surface area (Å²) >= 11 is 0. The molecule has 2 fully saturated rings. The molecule has 2 N–H and O–H groups in total. The van der Waals surface area contributed by atoms with E-state index < -0.39 is 5.79 Å². The molecule has 2 aromatic carbocycles. The monoisotopic (exact) mass is 434 g/mol. The summed E-state index contributed by atoms with van der Waals surface area (Å²) in [6.45, 7) is 5.79. The summed E-state index contributed by atoms with van der Waals surface area (Å²) in [6.07, 6.45) is 9.26. The topological polar surface area (TPSA) is 59.6 Å². The maximum atomic E-state index is 13.2. The SMILES string of the molecule is CC1OC(C)(C)O[C@@H](c2ccccc2)[C@H]1NC(=O)Nc1ccccc1C12C=CC=CC1C2.[HH].[HH]. The summed E-state index contributed by atoms with van der Waals surface area (Å²) in [4.78, 5) is 13.2. The second-order valence-corrected chi connectivity index (χ2v) is 9.44. The number of allylic oxidation sites excluding steroid dienone is 4. The van der Waals surface area contributed by atoms with Crippen molar-refractivity contribution in [1.82, 2.24) is 5.32 Å². The van der Waals surface area contributed by atoms with Crippen LogP contribution in [0.2, 0.25) is 0 Å². The van der Waals surface area contributed by atoms with E-state index in [1.54, 1.807) is 0 Å². The van der Waals surface area contributed by atoms with Gasteiger partial charge in [-0.15, -0.1) is 0 Å². The predicted molar refractivity (Wildman–Crippen MR) is 130 cm³/mol. The number of rotatable bonds is 4. The summed E-state index contributed by atoms with van der Waals surface area (Å²) in [6, 6.07) is 17.5. The van der Waals surface area contributed by atoms with E-state index in [1.165, 1.54) is 0 Å². The molecule has 5 atom stereocenters. The van der Waals surface area contributed by atoms with Crippen LogP contribution in [0.1, 0.15) is 47.3 Å². The molecule has 5 nitrogen and oxygen atoms in total. The summed E-state index contributed by atoms with van der Waals surface area (Å²) < 4.78 is 12.3. The Bertz CT molecular complexity index is 1070. The van der Waals surface area contributed by atoms with Crippen LogP contribution < -0.4 is 10.6 Å². The van der Waals surface area contributed by atoms with Gasteiger partial charge in [0.2, 0.25) is 0 Å². The van der Waals surface area contributed by atoms with Gasteiger partial charge in [-0.1, -0.05) is 72.8 Å². The number of urea groups is 1. The molecule has 3 unspecified atom stereocenters. The van der Waals surface area contributed by atoms with Gasteiger partial charge in [-0.2, -0.15) is 0 Å². The van der Waals surface area contributed by atoms with Crippen LogP contribution in [-0.2, 0) is 14.9 Å². The van der Waals surface area contributed by atoms with Crippen LogP contribution >= 0.6 is 0 Å². The van der Waals surface area contributed by atoms with E-state index in [4.69, 9.17) is 9.47 Å². The first-order chi connectivity index (χ1) is 15.4. The van der Waals surface area contributed by atoms with Crippen LogP contribution in [0, 0.1) is 5.92 Å². The minimum Gasteiger partial charge on any atom is -0.345 e. The first kappa shape index (κ1) is 21.0. The number of carbonyl (C=O) groups excluding carboxylic acids is 1. The van der Waals surface area contributed by atoms with Crippen molar-refractivity contribution in [3.05, 3.63) is 90.0 Å². The van der Waals surface area contributed by atoms with Crippen molar-refractivity contribution in [3.63, 3.8) is 0 Å². The molecule has 1 aliphatic heterocycles. The molecule has 2 amide bonds. The quantitative estimate of drug-likeness (QED) is 0.624. The van der Waals surface area contributed by atoms with E-state index in [2.05, 4.69) is 41.0 Å². The third-order valence-electron chi connectivity index (χ3n) is 6.72. The lowest BCUT2D eigenvalue weighted by Gasteiger charge is -2.45. The Balaban J connectivity index is 0.00000162. The third-order valence-corrected chi connectivity index (χ3v) is 6.72. The fourth-order valence-corrected chi connectivity index (χ4v) is 5.15. The fraction of sp³-hybridized carbons (Fsp3) is 0.370. The molecule has 0 aromatic heterocycles. The summed E-state index contributed by atoms with van der Waals surface area (Å²) in [5, 5.41) is 6.23. The molecule has 1 saturated carbocycles.